The third kappa shape index (κ3) is 5.12. The zero-order valence-electron chi connectivity index (χ0n) is 21.3. The quantitative estimate of drug-likeness (QED) is 0.416. The molecule has 0 spiro atoms. The van der Waals surface area contributed by atoms with Gasteiger partial charge < -0.3 is 20.3 Å². The van der Waals surface area contributed by atoms with E-state index in [-0.39, 0.29) is 17.5 Å². The lowest BCUT2D eigenvalue weighted by atomic mass is 10.1. The maximum absolute atomic E-state index is 14.0. The fraction of sp³-hybridized carbons (Fsp3) is 0.333. The van der Waals surface area contributed by atoms with Crippen LogP contribution >= 0.6 is 0 Å². The molecule has 0 unspecified atom stereocenters. The molecule has 2 aromatic carbocycles. The molecule has 0 saturated carbocycles. The van der Waals surface area contributed by atoms with E-state index in [1.54, 1.807) is 24.3 Å². The topological polar surface area (TPSA) is 106 Å². The highest BCUT2D eigenvalue weighted by molar-refractivity contribution is 5.99. The van der Waals surface area contributed by atoms with E-state index in [0.29, 0.717) is 93.0 Å². The van der Waals surface area contributed by atoms with Crippen molar-refractivity contribution in [2.45, 2.75) is 0 Å². The third-order valence-electron chi connectivity index (χ3n) is 7.11. The Balaban J connectivity index is 1.30. The van der Waals surface area contributed by atoms with Crippen LogP contribution in [0.15, 0.2) is 48.5 Å². The second-order valence-electron chi connectivity index (χ2n) is 9.61. The minimum absolute atomic E-state index is 0.112. The van der Waals surface area contributed by atoms with Crippen molar-refractivity contribution in [3.05, 3.63) is 60.2 Å². The number of nitrogens with zero attached hydrogens (tertiary/aromatic N) is 7. The summed E-state index contributed by atoms with van der Waals surface area (Å²) < 4.78 is 34.5. The maximum Gasteiger partial charge on any atom is 0.236 e. The van der Waals surface area contributed by atoms with E-state index in [0.717, 1.165) is 0 Å². The summed E-state index contributed by atoms with van der Waals surface area (Å²) in [6.07, 6.45) is 0. The van der Waals surface area contributed by atoms with Gasteiger partial charge in [-0.05, 0) is 42.5 Å². The fourth-order valence-electron chi connectivity index (χ4n) is 4.97. The lowest BCUT2D eigenvalue weighted by Crippen LogP contribution is -2.51. The molecular formula is C27H28F2N8O2. The van der Waals surface area contributed by atoms with Crippen LogP contribution in [-0.4, -0.2) is 94.5 Å². The minimum Gasteiger partial charge on any atom is -0.383 e. The normalized spacial score (nSPS) is 16.7. The average molecular weight is 535 g/mol. The maximum atomic E-state index is 14.0. The highest BCUT2D eigenvalue weighted by atomic mass is 19.1. The van der Waals surface area contributed by atoms with Gasteiger partial charge in [-0.2, -0.15) is 4.98 Å². The van der Waals surface area contributed by atoms with Gasteiger partial charge in [0.05, 0.1) is 36.5 Å². The number of aromatic nitrogens is 4. The van der Waals surface area contributed by atoms with Crippen molar-refractivity contribution >= 4 is 28.7 Å². The smallest absolute Gasteiger partial charge is 0.236 e. The lowest BCUT2D eigenvalue weighted by Gasteiger charge is -2.36. The number of halogens is 2. The molecule has 0 bridgehead atoms. The lowest BCUT2D eigenvalue weighted by molar-refractivity contribution is -0.136. The Kier molecular flexibility index (Phi) is 6.79. The number of carbonyl (C=O) groups is 1. The van der Waals surface area contributed by atoms with Crippen molar-refractivity contribution in [3.8, 4) is 16.9 Å². The third-order valence-corrected chi connectivity index (χ3v) is 7.11. The number of nitrogen functional groups attached to an aromatic ring is 1. The summed E-state index contributed by atoms with van der Waals surface area (Å²) in [7, 11) is 0. The molecule has 10 nitrogen and oxygen atoms in total. The van der Waals surface area contributed by atoms with E-state index in [1.165, 1.54) is 28.9 Å². The van der Waals surface area contributed by atoms with E-state index < -0.39 is 5.82 Å². The Morgan fingerprint density at radius 2 is 1.67 bits per heavy atom. The summed E-state index contributed by atoms with van der Waals surface area (Å²) in [4.78, 5) is 28.3. The number of benzene rings is 2. The molecule has 2 aromatic heterocycles. The van der Waals surface area contributed by atoms with Crippen molar-refractivity contribution in [2.75, 3.05) is 69.7 Å². The van der Waals surface area contributed by atoms with Crippen LogP contribution in [0.1, 0.15) is 0 Å². The van der Waals surface area contributed by atoms with Crippen LogP contribution in [0.3, 0.4) is 0 Å². The second kappa shape index (κ2) is 10.5. The van der Waals surface area contributed by atoms with Crippen LogP contribution in [0.4, 0.5) is 20.5 Å². The molecule has 39 heavy (non-hydrogen) atoms. The van der Waals surface area contributed by atoms with Crippen molar-refractivity contribution in [1.82, 2.24) is 29.5 Å². The summed E-state index contributed by atoms with van der Waals surface area (Å²) in [5.74, 6) is 0.0524. The predicted molar refractivity (Wildman–Crippen MR) is 142 cm³/mol. The van der Waals surface area contributed by atoms with Gasteiger partial charge in [-0.25, -0.2) is 18.4 Å². The fourth-order valence-corrected chi connectivity index (χ4v) is 4.97. The largest absolute Gasteiger partial charge is 0.383 e. The Morgan fingerprint density at radius 1 is 0.923 bits per heavy atom. The molecule has 6 rings (SSSR count). The number of ether oxygens (including phenoxy) is 1. The molecule has 2 fully saturated rings. The highest BCUT2D eigenvalue weighted by Crippen LogP contribution is 2.33. The molecule has 0 aliphatic carbocycles. The molecule has 4 aromatic rings. The van der Waals surface area contributed by atoms with Gasteiger partial charge in [0, 0.05) is 44.8 Å². The molecule has 2 N–H and O–H groups in total. The summed E-state index contributed by atoms with van der Waals surface area (Å²) in [6, 6.07) is 12.0. The zero-order chi connectivity index (χ0) is 26.9. The summed E-state index contributed by atoms with van der Waals surface area (Å²) in [5.41, 5.74) is 8.48. The number of piperazine rings is 1. The van der Waals surface area contributed by atoms with E-state index in [1.807, 2.05) is 9.80 Å². The van der Waals surface area contributed by atoms with E-state index in [2.05, 4.69) is 10.00 Å². The first-order valence-corrected chi connectivity index (χ1v) is 12.9. The highest BCUT2D eigenvalue weighted by Gasteiger charge is 2.26. The van der Waals surface area contributed by atoms with Gasteiger partial charge in [0.25, 0.3) is 0 Å². The molecule has 0 atom stereocenters. The SMILES string of the molecule is Nc1c2c(-c3ccc(F)cc3)nc(N3CCN(CC(=O)N4CCOCC4)CC3)nc2nn1-c1cccc(F)c1. The number of anilines is 2. The predicted octanol–water partition coefficient (Wildman–Crippen LogP) is 2.32. The number of rotatable bonds is 5. The molecule has 202 valence electrons. The molecule has 0 radical (unpaired) electrons. The number of nitrogens with two attached hydrogens (primary N) is 1. The number of hydrogen-bond donors (Lipinski definition) is 1. The first-order chi connectivity index (χ1) is 19.0. The summed E-state index contributed by atoms with van der Waals surface area (Å²) >= 11 is 0. The Labute approximate surface area is 223 Å². The van der Waals surface area contributed by atoms with Crippen LogP contribution in [0.2, 0.25) is 0 Å². The monoisotopic (exact) mass is 534 g/mol. The van der Waals surface area contributed by atoms with Crippen LogP contribution in [-0.2, 0) is 9.53 Å². The van der Waals surface area contributed by atoms with Gasteiger partial charge in [0.15, 0.2) is 5.65 Å². The van der Waals surface area contributed by atoms with Gasteiger partial charge >= 0.3 is 0 Å². The van der Waals surface area contributed by atoms with Crippen LogP contribution in [0.25, 0.3) is 28.0 Å². The number of morpholine rings is 1. The van der Waals surface area contributed by atoms with Gasteiger partial charge in [0.2, 0.25) is 11.9 Å². The van der Waals surface area contributed by atoms with Gasteiger partial charge in [-0.1, -0.05) is 6.07 Å². The van der Waals surface area contributed by atoms with Crippen LogP contribution in [0, 0.1) is 11.6 Å². The van der Waals surface area contributed by atoms with Gasteiger partial charge in [-0.3, -0.25) is 9.69 Å². The molecule has 12 heteroatoms. The second-order valence-corrected chi connectivity index (χ2v) is 9.61. The van der Waals surface area contributed by atoms with E-state index in [9.17, 15) is 13.6 Å². The first-order valence-electron chi connectivity index (χ1n) is 12.9. The molecule has 2 saturated heterocycles. The zero-order valence-corrected chi connectivity index (χ0v) is 21.3. The van der Waals surface area contributed by atoms with E-state index in [4.69, 9.17) is 20.4 Å². The number of hydrogen-bond acceptors (Lipinski definition) is 8. The van der Waals surface area contributed by atoms with E-state index >= 15 is 0 Å². The molecule has 4 heterocycles. The first kappa shape index (κ1) is 25.1. The Morgan fingerprint density at radius 3 is 2.38 bits per heavy atom. The van der Waals surface area contributed by atoms with Crippen LogP contribution < -0.4 is 10.6 Å². The van der Waals surface area contributed by atoms with Gasteiger partial charge in [0.1, 0.15) is 17.5 Å². The van der Waals surface area contributed by atoms with Crippen LogP contribution in [0.5, 0.6) is 0 Å². The standard InChI is InChI=1S/C27H28F2N8O2/c28-19-6-4-18(5-7-19)24-23-25(30)37(21-3-1-2-20(29)16-21)33-26(23)32-27(31-24)36-10-8-34(9-11-36)17-22(38)35-12-14-39-15-13-35/h1-7,16H,8-15,17,30H2. The number of amides is 1. The number of fused-ring (bicyclic) bond motifs is 1. The molecule has 1 amide bonds. The minimum atomic E-state index is -0.415. The Bertz CT molecular complexity index is 1500. The molecular weight excluding hydrogens is 506 g/mol. The molecule has 2 aliphatic rings. The summed E-state index contributed by atoms with van der Waals surface area (Å²) in [6.45, 7) is 5.35. The van der Waals surface area contributed by atoms with Crippen molar-refractivity contribution < 1.29 is 18.3 Å². The van der Waals surface area contributed by atoms with Crippen molar-refractivity contribution in [2.24, 2.45) is 0 Å². The number of carbonyl (C=O) groups excluding carboxylic acids is 1. The van der Waals surface area contributed by atoms with Crippen molar-refractivity contribution in [3.63, 3.8) is 0 Å². The van der Waals surface area contributed by atoms with Gasteiger partial charge in [-0.15, -0.1) is 5.10 Å². The molecule has 2 aliphatic heterocycles. The summed E-state index contributed by atoms with van der Waals surface area (Å²) in [5, 5.41) is 5.10. The van der Waals surface area contributed by atoms with Crippen molar-refractivity contribution in [1.29, 1.82) is 0 Å². The Hall–Kier alpha value is -4.16. The average Bonchev–Trinajstić information content (AvgIpc) is 3.30.